The highest BCUT2D eigenvalue weighted by molar-refractivity contribution is 7.11. The van der Waals surface area contributed by atoms with Gasteiger partial charge in [-0.1, -0.05) is 0 Å². The van der Waals surface area contributed by atoms with Crippen molar-refractivity contribution in [2.75, 3.05) is 13.1 Å². The van der Waals surface area contributed by atoms with E-state index < -0.39 is 0 Å². The number of piperidine rings is 1. The minimum atomic E-state index is 0.229. The minimum Gasteiger partial charge on any atom is -0.297 e. The second-order valence-corrected chi connectivity index (χ2v) is 5.37. The number of nitriles is 1. The van der Waals surface area contributed by atoms with E-state index in [0.29, 0.717) is 0 Å². The SMILES string of the molecule is Cc1ncc(CN2CCC[C@H](C#N)C2)s1. The molecule has 0 spiro atoms. The van der Waals surface area contributed by atoms with Gasteiger partial charge in [0.1, 0.15) is 0 Å². The van der Waals surface area contributed by atoms with Crippen LogP contribution in [-0.2, 0) is 6.54 Å². The lowest BCUT2D eigenvalue weighted by Crippen LogP contribution is -2.34. The van der Waals surface area contributed by atoms with Crippen molar-refractivity contribution < 1.29 is 0 Å². The lowest BCUT2D eigenvalue weighted by molar-refractivity contribution is 0.193. The van der Waals surface area contributed by atoms with Crippen LogP contribution in [0.5, 0.6) is 0 Å². The Labute approximate surface area is 94.4 Å². The zero-order chi connectivity index (χ0) is 10.7. The molecule has 1 aromatic heterocycles. The minimum absolute atomic E-state index is 0.229. The largest absolute Gasteiger partial charge is 0.297 e. The van der Waals surface area contributed by atoms with Gasteiger partial charge in [0.2, 0.25) is 0 Å². The highest BCUT2D eigenvalue weighted by atomic mass is 32.1. The van der Waals surface area contributed by atoms with E-state index in [1.807, 2.05) is 13.1 Å². The molecule has 4 heteroatoms. The van der Waals surface area contributed by atoms with E-state index >= 15 is 0 Å². The first-order chi connectivity index (χ1) is 7.28. The molecule has 2 rings (SSSR count). The Morgan fingerprint density at radius 1 is 1.73 bits per heavy atom. The van der Waals surface area contributed by atoms with Crippen molar-refractivity contribution in [1.82, 2.24) is 9.88 Å². The van der Waals surface area contributed by atoms with Crippen LogP contribution in [-0.4, -0.2) is 23.0 Å². The molecule has 0 unspecified atom stereocenters. The van der Waals surface area contributed by atoms with Gasteiger partial charge in [0.15, 0.2) is 0 Å². The molecule has 0 saturated carbocycles. The van der Waals surface area contributed by atoms with Gasteiger partial charge < -0.3 is 0 Å². The number of nitrogens with zero attached hydrogens (tertiary/aromatic N) is 3. The Hall–Kier alpha value is -0.920. The van der Waals surface area contributed by atoms with Crippen molar-refractivity contribution in [1.29, 1.82) is 5.26 Å². The summed E-state index contributed by atoms with van der Waals surface area (Å²) in [5, 5.41) is 10.0. The lowest BCUT2D eigenvalue weighted by Gasteiger charge is -2.28. The van der Waals surface area contributed by atoms with Gasteiger partial charge in [-0.3, -0.25) is 4.90 Å². The third-order valence-electron chi connectivity index (χ3n) is 2.74. The number of hydrogen-bond acceptors (Lipinski definition) is 4. The molecule has 80 valence electrons. The molecule has 1 aliphatic heterocycles. The Bertz CT molecular complexity index is 366. The van der Waals surface area contributed by atoms with Gasteiger partial charge in [-0.2, -0.15) is 5.26 Å². The molecular formula is C11H15N3S. The summed E-state index contributed by atoms with van der Waals surface area (Å²) in [6.45, 7) is 5.04. The fraction of sp³-hybridized carbons (Fsp3) is 0.636. The van der Waals surface area contributed by atoms with Crippen LogP contribution >= 0.6 is 11.3 Å². The molecule has 1 aromatic rings. The highest BCUT2D eigenvalue weighted by Crippen LogP contribution is 2.20. The van der Waals surface area contributed by atoms with Gasteiger partial charge in [0.05, 0.1) is 17.0 Å². The molecule has 0 aromatic carbocycles. The summed E-state index contributed by atoms with van der Waals surface area (Å²) in [7, 11) is 0. The van der Waals surface area contributed by atoms with E-state index in [1.54, 1.807) is 11.3 Å². The van der Waals surface area contributed by atoms with Crippen LogP contribution in [0.25, 0.3) is 0 Å². The average Bonchev–Trinajstić information content (AvgIpc) is 2.64. The molecule has 1 fully saturated rings. The third kappa shape index (κ3) is 2.77. The number of aromatic nitrogens is 1. The number of thiazole rings is 1. The van der Waals surface area contributed by atoms with Crippen molar-refractivity contribution in [3.8, 4) is 6.07 Å². The van der Waals surface area contributed by atoms with Crippen molar-refractivity contribution in [2.24, 2.45) is 5.92 Å². The van der Waals surface area contributed by atoms with Crippen molar-refractivity contribution in [3.63, 3.8) is 0 Å². The van der Waals surface area contributed by atoms with Gasteiger partial charge in [-0.15, -0.1) is 11.3 Å². The first-order valence-corrected chi connectivity index (χ1v) is 6.13. The van der Waals surface area contributed by atoms with E-state index in [9.17, 15) is 0 Å². The molecule has 1 saturated heterocycles. The molecular weight excluding hydrogens is 206 g/mol. The van der Waals surface area contributed by atoms with E-state index in [1.165, 1.54) is 4.88 Å². The van der Waals surface area contributed by atoms with Gasteiger partial charge in [0.25, 0.3) is 0 Å². The summed E-state index contributed by atoms with van der Waals surface area (Å²) in [6, 6.07) is 2.37. The number of likely N-dealkylation sites (tertiary alicyclic amines) is 1. The maximum absolute atomic E-state index is 8.89. The normalized spacial score (nSPS) is 22.5. The fourth-order valence-corrected chi connectivity index (χ4v) is 2.84. The molecule has 1 aliphatic rings. The topological polar surface area (TPSA) is 39.9 Å². The highest BCUT2D eigenvalue weighted by Gasteiger charge is 2.19. The Balaban J connectivity index is 1.92. The van der Waals surface area contributed by atoms with Gasteiger partial charge >= 0.3 is 0 Å². The predicted molar refractivity (Wildman–Crippen MR) is 60.5 cm³/mol. The van der Waals surface area contributed by atoms with Gasteiger partial charge in [-0.25, -0.2) is 4.98 Å². The smallest absolute Gasteiger partial charge is 0.0897 e. The molecule has 0 amide bonds. The van der Waals surface area contributed by atoms with Crippen LogP contribution in [0.15, 0.2) is 6.20 Å². The first kappa shape index (κ1) is 10.6. The van der Waals surface area contributed by atoms with Gasteiger partial charge in [-0.05, 0) is 26.3 Å². The molecule has 0 radical (unpaired) electrons. The molecule has 3 nitrogen and oxygen atoms in total. The number of rotatable bonds is 2. The van der Waals surface area contributed by atoms with E-state index in [0.717, 1.165) is 37.5 Å². The zero-order valence-corrected chi connectivity index (χ0v) is 9.76. The summed E-state index contributed by atoms with van der Waals surface area (Å²) >= 11 is 1.75. The predicted octanol–water partition coefficient (Wildman–Crippen LogP) is 2.19. The summed E-state index contributed by atoms with van der Waals surface area (Å²) in [6.07, 6.45) is 4.17. The van der Waals surface area contributed by atoms with Crippen LogP contribution in [0.1, 0.15) is 22.7 Å². The maximum atomic E-state index is 8.89. The van der Waals surface area contributed by atoms with Crippen LogP contribution in [0, 0.1) is 24.2 Å². The van der Waals surface area contributed by atoms with E-state index in [4.69, 9.17) is 5.26 Å². The summed E-state index contributed by atoms with van der Waals surface area (Å²) in [4.78, 5) is 7.92. The number of aryl methyl sites for hydroxylation is 1. The third-order valence-corrected chi connectivity index (χ3v) is 3.63. The van der Waals surface area contributed by atoms with Gasteiger partial charge in [0, 0.05) is 24.2 Å². The van der Waals surface area contributed by atoms with E-state index in [2.05, 4.69) is 16.0 Å². The molecule has 1 atom stereocenters. The summed E-state index contributed by atoms with van der Waals surface area (Å²) in [5.74, 6) is 0.229. The second kappa shape index (κ2) is 4.73. The van der Waals surface area contributed by atoms with E-state index in [-0.39, 0.29) is 5.92 Å². The van der Waals surface area contributed by atoms with Crippen molar-refractivity contribution in [2.45, 2.75) is 26.3 Å². The zero-order valence-electron chi connectivity index (χ0n) is 8.94. The molecule has 15 heavy (non-hydrogen) atoms. The van der Waals surface area contributed by atoms with Crippen molar-refractivity contribution in [3.05, 3.63) is 16.1 Å². The first-order valence-electron chi connectivity index (χ1n) is 5.31. The second-order valence-electron chi connectivity index (χ2n) is 4.05. The Morgan fingerprint density at radius 2 is 2.60 bits per heavy atom. The standard InChI is InChI=1S/C11H15N3S/c1-9-13-6-11(15-9)8-14-4-2-3-10(5-12)7-14/h6,10H,2-4,7-8H2,1H3/t10-/m1/s1. The van der Waals surface area contributed by atoms with Crippen LogP contribution in [0.3, 0.4) is 0 Å². The lowest BCUT2D eigenvalue weighted by atomic mass is 10.00. The Kier molecular flexibility index (Phi) is 3.34. The molecule has 0 aliphatic carbocycles. The number of hydrogen-bond donors (Lipinski definition) is 0. The fourth-order valence-electron chi connectivity index (χ4n) is 2.00. The van der Waals surface area contributed by atoms with Crippen LogP contribution < -0.4 is 0 Å². The Morgan fingerprint density at radius 3 is 3.27 bits per heavy atom. The van der Waals surface area contributed by atoms with Crippen molar-refractivity contribution >= 4 is 11.3 Å². The maximum Gasteiger partial charge on any atom is 0.0897 e. The quantitative estimate of drug-likeness (QED) is 0.768. The summed E-state index contributed by atoms with van der Waals surface area (Å²) < 4.78 is 0. The average molecular weight is 221 g/mol. The molecule has 0 bridgehead atoms. The molecule has 0 N–H and O–H groups in total. The van der Waals surface area contributed by atoms with Crippen LogP contribution in [0.4, 0.5) is 0 Å². The van der Waals surface area contributed by atoms with Crippen LogP contribution in [0.2, 0.25) is 0 Å². The monoisotopic (exact) mass is 221 g/mol. The molecule has 2 heterocycles. The summed E-state index contributed by atoms with van der Waals surface area (Å²) in [5.41, 5.74) is 0.